The number of carbonyl (C=O) groups excluding carboxylic acids is 1. The van der Waals surface area contributed by atoms with Gasteiger partial charge in [-0.1, -0.05) is 0 Å². The Balaban J connectivity index is 3.19. The molecule has 0 amide bonds. The van der Waals surface area contributed by atoms with Crippen LogP contribution in [-0.4, -0.2) is 25.9 Å². The minimum atomic E-state index is -2.39. The quantitative estimate of drug-likeness (QED) is 0.496. The van der Waals surface area contributed by atoms with Crippen LogP contribution in [0.2, 0.25) is 0 Å². The fourth-order valence-electron chi connectivity index (χ4n) is 1.26. The van der Waals surface area contributed by atoms with Crippen molar-refractivity contribution in [2.24, 2.45) is 0 Å². The van der Waals surface area contributed by atoms with Gasteiger partial charge in [0.05, 0.1) is 12.2 Å². The molecule has 1 rings (SSSR count). The summed E-state index contributed by atoms with van der Waals surface area (Å²) in [5, 5.41) is 0.629. The van der Waals surface area contributed by atoms with Crippen LogP contribution in [0, 0.1) is 0 Å². The Kier molecular flexibility index (Phi) is 3.76. The van der Waals surface area contributed by atoms with Gasteiger partial charge in [0.2, 0.25) is 0 Å². The van der Waals surface area contributed by atoms with Gasteiger partial charge >= 0.3 is 5.97 Å². The Morgan fingerprint density at radius 1 is 1.44 bits per heavy atom. The molecule has 5 heteroatoms. The van der Waals surface area contributed by atoms with Gasteiger partial charge in [0.1, 0.15) is 7.14 Å². The average molecular weight is 241 g/mol. The number of rotatable bonds is 3. The molecule has 0 radical (unpaired) electrons. The zero-order chi connectivity index (χ0) is 12.3. The van der Waals surface area contributed by atoms with Crippen molar-refractivity contribution in [3.8, 4) is 0 Å². The second-order valence-corrected chi connectivity index (χ2v) is 7.06. The molecule has 2 N–H and O–H groups in total. The van der Waals surface area contributed by atoms with E-state index in [9.17, 15) is 9.36 Å². The summed E-state index contributed by atoms with van der Waals surface area (Å²) in [6, 6.07) is 4.81. The lowest BCUT2D eigenvalue weighted by Gasteiger charge is -2.10. The minimum absolute atomic E-state index is 0.281. The molecule has 0 saturated heterocycles. The van der Waals surface area contributed by atoms with Crippen LogP contribution in [0.25, 0.3) is 0 Å². The minimum Gasteiger partial charge on any atom is -0.462 e. The Bertz CT molecular complexity index is 451. The van der Waals surface area contributed by atoms with Crippen molar-refractivity contribution in [3.05, 3.63) is 23.8 Å². The molecule has 0 aliphatic heterocycles. The predicted molar refractivity (Wildman–Crippen MR) is 65.9 cm³/mol. The molecule has 4 nitrogen and oxygen atoms in total. The van der Waals surface area contributed by atoms with Crippen molar-refractivity contribution in [3.63, 3.8) is 0 Å². The first-order valence-corrected chi connectivity index (χ1v) is 7.58. The molecular formula is C11H16NO3P. The first kappa shape index (κ1) is 12.8. The molecule has 0 aromatic heterocycles. The second-order valence-electron chi connectivity index (χ2n) is 3.84. The topological polar surface area (TPSA) is 69.4 Å². The highest BCUT2D eigenvalue weighted by Crippen LogP contribution is 2.35. The third-order valence-electron chi connectivity index (χ3n) is 2.15. The Morgan fingerprint density at radius 3 is 2.56 bits per heavy atom. The SMILES string of the molecule is CCOC(=O)c1cc(P(C)(C)=O)ccc1N. The number of hydrogen-bond acceptors (Lipinski definition) is 4. The van der Waals surface area contributed by atoms with Crippen LogP contribution in [0.5, 0.6) is 0 Å². The van der Waals surface area contributed by atoms with Gasteiger partial charge in [0.25, 0.3) is 0 Å². The number of esters is 1. The molecule has 0 atom stereocenters. The van der Waals surface area contributed by atoms with E-state index in [-0.39, 0.29) is 5.56 Å². The van der Waals surface area contributed by atoms with Gasteiger partial charge in [0.15, 0.2) is 0 Å². The first-order valence-electron chi connectivity index (χ1n) is 4.98. The molecule has 0 bridgehead atoms. The molecule has 16 heavy (non-hydrogen) atoms. The first-order chi connectivity index (χ1) is 7.36. The summed E-state index contributed by atoms with van der Waals surface area (Å²) in [6.45, 7) is 5.31. The smallest absolute Gasteiger partial charge is 0.340 e. The van der Waals surface area contributed by atoms with Crippen LogP contribution in [0.15, 0.2) is 18.2 Å². The number of ether oxygens (including phenoxy) is 1. The van der Waals surface area contributed by atoms with Gasteiger partial charge in [-0.25, -0.2) is 4.79 Å². The Labute approximate surface area is 95.2 Å². The summed E-state index contributed by atoms with van der Waals surface area (Å²) in [7, 11) is -2.39. The number of benzene rings is 1. The Hall–Kier alpha value is -1.28. The highest BCUT2D eigenvalue weighted by atomic mass is 31.2. The third-order valence-corrected chi connectivity index (χ3v) is 3.68. The van der Waals surface area contributed by atoms with Gasteiger partial charge in [-0.2, -0.15) is 0 Å². The van der Waals surface area contributed by atoms with Crippen molar-refractivity contribution in [1.29, 1.82) is 0 Å². The van der Waals surface area contributed by atoms with Crippen LogP contribution >= 0.6 is 7.14 Å². The molecule has 0 spiro atoms. The lowest BCUT2D eigenvalue weighted by molar-refractivity contribution is 0.0528. The predicted octanol–water partition coefficient (Wildman–Crippen LogP) is 1.69. The highest BCUT2D eigenvalue weighted by molar-refractivity contribution is 7.70. The van der Waals surface area contributed by atoms with E-state index in [4.69, 9.17) is 10.5 Å². The number of nitrogens with two attached hydrogens (primary N) is 1. The van der Waals surface area contributed by atoms with E-state index in [1.165, 1.54) is 0 Å². The van der Waals surface area contributed by atoms with E-state index in [0.29, 0.717) is 17.6 Å². The van der Waals surface area contributed by atoms with Crippen LogP contribution < -0.4 is 11.0 Å². The van der Waals surface area contributed by atoms with Crippen molar-refractivity contribution in [1.82, 2.24) is 0 Å². The molecule has 88 valence electrons. The molecule has 0 aliphatic rings. The summed E-state index contributed by atoms with van der Waals surface area (Å²) in [5.74, 6) is -0.477. The summed E-state index contributed by atoms with van der Waals surface area (Å²) in [6.07, 6.45) is 0. The van der Waals surface area contributed by atoms with Crippen molar-refractivity contribution in [2.45, 2.75) is 6.92 Å². The number of nitrogen functional groups attached to an aromatic ring is 1. The van der Waals surface area contributed by atoms with Crippen LogP contribution in [-0.2, 0) is 9.30 Å². The van der Waals surface area contributed by atoms with E-state index in [0.717, 1.165) is 0 Å². The lowest BCUT2D eigenvalue weighted by atomic mass is 10.2. The molecule has 0 saturated carbocycles. The molecular weight excluding hydrogens is 225 g/mol. The summed E-state index contributed by atoms with van der Waals surface area (Å²) in [5.41, 5.74) is 6.30. The van der Waals surface area contributed by atoms with Crippen molar-refractivity contribution < 1.29 is 14.1 Å². The van der Waals surface area contributed by atoms with E-state index in [2.05, 4.69) is 0 Å². The second kappa shape index (κ2) is 4.71. The summed E-state index contributed by atoms with van der Waals surface area (Å²) in [4.78, 5) is 11.6. The van der Waals surface area contributed by atoms with E-state index in [1.54, 1.807) is 38.5 Å². The van der Waals surface area contributed by atoms with Crippen LogP contribution in [0.1, 0.15) is 17.3 Å². The van der Waals surface area contributed by atoms with Gasteiger partial charge in [-0.3, -0.25) is 0 Å². The zero-order valence-corrected chi connectivity index (χ0v) is 10.6. The highest BCUT2D eigenvalue weighted by Gasteiger charge is 2.17. The standard InChI is InChI=1S/C11H16NO3P/c1-4-15-11(13)9-7-8(16(2,3)14)5-6-10(9)12/h5-7H,4,12H2,1-3H3. The maximum Gasteiger partial charge on any atom is 0.340 e. The molecule has 0 heterocycles. The van der Waals surface area contributed by atoms with Gasteiger partial charge < -0.3 is 15.0 Å². The maximum absolute atomic E-state index is 11.9. The molecule has 0 aliphatic carbocycles. The molecule has 0 fully saturated rings. The number of anilines is 1. The summed E-state index contributed by atoms with van der Waals surface area (Å²) < 4.78 is 16.7. The van der Waals surface area contributed by atoms with Gasteiger partial charge in [-0.05, 0) is 38.5 Å². The largest absolute Gasteiger partial charge is 0.462 e. The summed E-state index contributed by atoms with van der Waals surface area (Å²) >= 11 is 0. The molecule has 1 aromatic rings. The number of hydrogen-bond donors (Lipinski definition) is 1. The van der Waals surface area contributed by atoms with E-state index in [1.807, 2.05) is 0 Å². The van der Waals surface area contributed by atoms with Crippen molar-refractivity contribution in [2.75, 3.05) is 25.7 Å². The normalized spacial score (nSPS) is 11.2. The average Bonchev–Trinajstić information content (AvgIpc) is 2.16. The molecule has 0 unspecified atom stereocenters. The Morgan fingerprint density at radius 2 is 2.06 bits per heavy atom. The van der Waals surface area contributed by atoms with E-state index < -0.39 is 13.1 Å². The maximum atomic E-state index is 11.9. The fourth-order valence-corrected chi connectivity index (χ4v) is 2.14. The van der Waals surface area contributed by atoms with Crippen LogP contribution in [0.4, 0.5) is 5.69 Å². The monoisotopic (exact) mass is 241 g/mol. The van der Waals surface area contributed by atoms with E-state index >= 15 is 0 Å². The lowest BCUT2D eigenvalue weighted by Crippen LogP contribution is -2.13. The van der Waals surface area contributed by atoms with Crippen molar-refractivity contribution >= 4 is 24.1 Å². The number of carbonyl (C=O) groups is 1. The van der Waals surface area contributed by atoms with Gasteiger partial charge in [-0.15, -0.1) is 0 Å². The van der Waals surface area contributed by atoms with Crippen LogP contribution in [0.3, 0.4) is 0 Å². The zero-order valence-electron chi connectivity index (χ0n) is 9.69. The third kappa shape index (κ3) is 2.86. The molecule has 1 aromatic carbocycles. The van der Waals surface area contributed by atoms with Gasteiger partial charge in [0, 0.05) is 11.0 Å². The fraction of sp³-hybridized carbons (Fsp3) is 0.364.